The van der Waals surface area contributed by atoms with Gasteiger partial charge in [0.25, 0.3) is 5.91 Å². The van der Waals surface area contributed by atoms with Gasteiger partial charge in [-0.25, -0.2) is 0 Å². The number of benzene rings is 1. The van der Waals surface area contributed by atoms with Gasteiger partial charge in [0.15, 0.2) is 11.5 Å². The fourth-order valence-electron chi connectivity index (χ4n) is 2.46. The molecule has 1 aromatic rings. The zero-order valence-electron chi connectivity index (χ0n) is 11.0. The van der Waals surface area contributed by atoms with E-state index in [1.807, 2.05) is 7.05 Å². The second-order valence-electron chi connectivity index (χ2n) is 5.01. The van der Waals surface area contributed by atoms with E-state index in [-0.39, 0.29) is 23.4 Å². The Morgan fingerprint density at radius 3 is 2.32 bits per heavy atom. The quantitative estimate of drug-likeness (QED) is 0.621. The third kappa shape index (κ3) is 3.38. The second kappa shape index (κ2) is 5.93. The first kappa shape index (κ1) is 13.7. The molecular formula is C14H20N2O3. The van der Waals surface area contributed by atoms with E-state index >= 15 is 0 Å². The molecule has 1 amide bonds. The molecular weight excluding hydrogens is 244 g/mol. The topological polar surface area (TPSA) is 81.6 Å². The van der Waals surface area contributed by atoms with Crippen molar-refractivity contribution in [3.05, 3.63) is 23.8 Å². The number of amides is 1. The van der Waals surface area contributed by atoms with Gasteiger partial charge in [0.1, 0.15) is 0 Å². The van der Waals surface area contributed by atoms with E-state index in [0.717, 1.165) is 25.7 Å². The number of hydrogen-bond donors (Lipinski definition) is 4. The van der Waals surface area contributed by atoms with Crippen LogP contribution in [-0.4, -0.2) is 35.3 Å². The lowest BCUT2D eigenvalue weighted by molar-refractivity contribution is 0.0924. The predicted octanol–water partition coefficient (Wildman–Crippen LogP) is 1.36. The molecule has 0 aliphatic heterocycles. The van der Waals surface area contributed by atoms with Crippen LogP contribution in [0, 0.1) is 0 Å². The van der Waals surface area contributed by atoms with Crippen molar-refractivity contribution in [2.45, 2.75) is 37.8 Å². The lowest BCUT2D eigenvalue weighted by atomic mass is 9.91. The van der Waals surface area contributed by atoms with Gasteiger partial charge in [0, 0.05) is 17.6 Å². The summed E-state index contributed by atoms with van der Waals surface area (Å²) < 4.78 is 0. The Morgan fingerprint density at radius 1 is 1.11 bits per heavy atom. The molecule has 0 spiro atoms. The predicted molar refractivity (Wildman–Crippen MR) is 72.3 cm³/mol. The van der Waals surface area contributed by atoms with Crippen molar-refractivity contribution < 1.29 is 15.0 Å². The van der Waals surface area contributed by atoms with E-state index in [9.17, 15) is 15.0 Å². The highest BCUT2D eigenvalue weighted by Crippen LogP contribution is 2.25. The molecule has 0 heterocycles. The van der Waals surface area contributed by atoms with Crippen LogP contribution < -0.4 is 10.6 Å². The molecule has 1 fully saturated rings. The van der Waals surface area contributed by atoms with Crippen LogP contribution in [0.5, 0.6) is 11.5 Å². The van der Waals surface area contributed by atoms with Crippen molar-refractivity contribution in [3.8, 4) is 11.5 Å². The molecule has 0 aromatic heterocycles. The Labute approximate surface area is 112 Å². The average Bonchev–Trinajstić information content (AvgIpc) is 2.42. The third-order valence-electron chi connectivity index (χ3n) is 3.71. The summed E-state index contributed by atoms with van der Waals surface area (Å²) in [5.74, 6) is -0.694. The molecule has 0 radical (unpaired) electrons. The molecule has 1 aliphatic rings. The number of hydrogen-bond acceptors (Lipinski definition) is 4. The Morgan fingerprint density at radius 2 is 1.74 bits per heavy atom. The highest BCUT2D eigenvalue weighted by Gasteiger charge is 2.21. The van der Waals surface area contributed by atoms with E-state index in [0.29, 0.717) is 11.6 Å². The van der Waals surface area contributed by atoms with Crippen LogP contribution in [0.3, 0.4) is 0 Å². The highest BCUT2D eigenvalue weighted by molar-refractivity contribution is 5.95. The third-order valence-corrected chi connectivity index (χ3v) is 3.71. The van der Waals surface area contributed by atoms with Gasteiger partial charge in [-0.15, -0.1) is 0 Å². The normalized spacial score (nSPS) is 23.0. The molecule has 1 saturated carbocycles. The maximum atomic E-state index is 12.0. The number of aromatic hydroxyl groups is 2. The van der Waals surface area contributed by atoms with Gasteiger partial charge in [-0.2, -0.15) is 0 Å². The van der Waals surface area contributed by atoms with Gasteiger partial charge in [0.2, 0.25) is 0 Å². The van der Waals surface area contributed by atoms with Crippen molar-refractivity contribution in [2.24, 2.45) is 0 Å². The fourth-order valence-corrected chi connectivity index (χ4v) is 2.46. The lowest BCUT2D eigenvalue weighted by Gasteiger charge is -2.28. The minimum atomic E-state index is -0.272. The van der Waals surface area contributed by atoms with E-state index < -0.39 is 0 Å². The molecule has 1 aliphatic carbocycles. The zero-order valence-corrected chi connectivity index (χ0v) is 11.0. The van der Waals surface area contributed by atoms with Gasteiger partial charge < -0.3 is 20.8 Å². The average molecular weight is 264 g/mol. The van der Waals surface area contributed by atoms with Gasteiger partial charge in [0.05, 0.1) is 0 Å². The summed E-state index contributed by atoms with van der Waals surface area (Å²) in [6, 6.07) is 4.84. The van der Waals surface area contributed by atoms with Crippen molar-refractivity contribution >= 4 is 5.91 Å². The summed E-state index contributed by atoms with van der Waals surface area (Å²) in [5, 5.41) is 24.8. The summed E-state index contributed by atoms with van der Waals surface area (Å²) in [6.07, 6.45) is 4.03. The number of nitrogens with one attached hydrogen (secondary N) is 2. The summed E-state index contributed by atoms with van der Waals surface area (Å²) in [7, 11) is 1.96. The van der Waals surface area contributed by atoms with Crippen LogP contribution in [0.25, 0.3) is 0 Å². The molecule has 1 aromatic carbocycles. The Bertz CT molecular complexity index is 454. The monoisotopic (exact) mass is 264 g/mol. The van der Waals surface area contributed by atoms with Crippen LogP contribution in [0.4, 0.5) is 0 Å². The van der Waals surface area contributed by atoms with Crippen LogP contribution in [0.2, 0.25) is 0 Å². The molecule has 0 unspecified atom stereocenters. The summed E-state index contributed by atoms with van der Waals surface area (Å²) >= 11 is 0. The largest absolute Gasteiger partial charge is 0.504 e. The number of carbonyl (C=O) groups is 1. The summed E-state index contributed by atoms with van der Waals surface area (Å²) in [6.45, 7) is 0. The van der Waals surface area contributed by atoms with Crippen LogP contribution in [0.15, 0.2) is 18.2 Å². The number of rotatable bonds is 3. The lowest BCUT2D eigenvalue weighted by Crippen LogP contribution is -2.41. The maximum Gasteiger partial charge on any atom is 0.251 e. The minimum Gasteiger partial charge on any atom is -0.504 e. The van der Waals surface area contributed by atoms with Crippen molar-refractivity contribution in [2.75, 3.05) is 7.05 Å². The standard InChI is InChI=1S/C14H20N2O3/c1-15-10-3-5-11(6-4-10)16-14(19)9-2-7-12(17)13(18)8-9/h2,7-8,10-11,15,17-18H,3-6H2,1H3,(H,16,19). The second-order valence-corrected chi connectivity index (χ2v) is 5.01. The van der Waals surface area contributed by atoms with E-state index in [1.165, 1.54) is 18.2 Å². The molecule has 0 saturated heterocycles. The smallest absolute Gasteiger partial charge is 0.251 e. The number of phenolic OH excluding ortho intramolecular Hbond substituents is 2. The molecule has 19 heavy (non-hydrogen) atoms. The highest BCUT2D eigenvalue weighted by atomic mass is 16.3. The Kier molecular flexibility index (Phi) is 4.27. The minimum absolute atomic E-state index is 0.188. The van der Waals surface area contributed by atoms with Crippen molar-refractivity contribution in [3.63, 3.8) is 0 Å². The number of phenols is 2. The number of carbonyl (C=O) groups excluding carboxylic acids is 1. The first-order valence-corrected chi connectivity index (χ1v) is 6.60. The van der Waals surface area contributed by atoms with Crippen LogP contribution in [-0.2, 0) is 0 Å². The Hall–Kier alpha value is -1.75. The van der Waals surface area contributed by atoms with Gasteiger partial charge >= 0.3 is 0 Å². The first-order valence-electron chi connectivity index (χ1n) is 6.60. The van der Waals surface area contributed by atoms with Crippen LogP contribution >= 0.6 is 0 Å². The molecule has 4 N–H and O–H groups in total. The van der Waals surface area contributed by atoms with E-state index in [2.05, 4.69) is 10.6 Å². The van der Waals surface area contributed by atoms with Crippen molar-refractivity contribution in [1.82, 2.24) is 10.6 Å². The Balaban J connectivity index is 1.92. The molecule has 5 nitrogen and oxygen atoms in total. The molecule has 0 atom stereocenters. The molecule has 2 rings (SSSR count). The van der Waals surface area contributed by atoms with Gasteiger partial charge in [-0.05, 0) is 50.9 Å². The van der Waals surface area contributed by atoms with Crippen LogP contribution in [0.1, 0.15) is 36.0 Å². The van der Waals surface area contributed by atoms with Gasteiger partial charge in [-0.3, -0.25) is 4.79 Å². The molecule has 104 valence electrons. The van der Waals surface area contributed by atoms with E-state index in [4.69, 9.17) is 0 Å². The van der Waals surface area contributed by atoms with E-state index in [1.54, 1.807) is 0 Å². The first-order chi connectivity index (χ1) is 9.10. The van der Waals surface area contributed by atoms with Crippen molar-refractivity contribution in [1.29, 1.82) is 0 Å². The summed E-state index contributed by atoms with van der Waals surface area (Å²) in [4.78, 5) is 12.0. The zero-order chi connectivity index (χ0) is 13.8. The SMILES string of the molecule is CNC1CCC(NC(=O)c2ccc(O)c(O)c2)CC1. The summed E-state index contributed by atoms with van der Waals surface area (Å²) in [5.41, 5.74) is 0.367. The van der Waals surface area contributed by atoms with Gasteiger partial charge in [-0.1, -0.05) is 0 Å². The molecule has 5 heteroatoms. The fraction of sp³-hybridized carbons (Fsp3) is 0.500. The molecule has 0 bridgehead atoms. The maximum absolute atomic E-state index is 12.0.